The summed E-state index contributed by atoms with van der Waals surface area (Å²) >= 11 is 0. The van der Waals surface area contributed by atoms with Gasteiger partial charge in [0.15, 0.2) is 5.82 Å². The van der Waals surface area contributed by atoms with Crippen molar-refractivity contribution in [3.05, 3.63) is 42.5 Å². The maximum atomic E-state index is 9.02. The van der Waals surface area contributed by atoms with E-state index in [4.69, 9.17) is 5.11 Å². The number of aromatic nitrogens is 3. The third kappa shape index (κ3) is 4.46. The van der Waals surface area contributed by atoms with Crippen LogP contribution >= 0.6 is 0 Å². The van der Waals surface area contributed by atoms with Crippen LogP contribution < -0.4 is 5.32 Å². The summed E-state index contributed by atoms with van der Waals surface area (Å²) in [5, 5.41) is 12.3. The van der Waals surface area contributed by atoms with Crippen molar-refractivity contribution in [1.29, 1.82) is 0 Å². The Labute approximate surface area is 136 Å². The molecular formula is C17H23N5O. The van der Waals surface area contributed by atoms with Crippen LogP contribution in [0.5, 0.6) is 0 Å². The van der Waals surface area contributed by atoms with Gasteiger partial charge in [0, 0.05) is 25.1 Å². The third-order valence-corrected chi connectivity index (χ3v) is 4.29. The fourth-order valence-corrected chi connectivity index (χ4v) is 3.01. The maximum absolute atomic E-state index is 9.02. The lowest BCUT2D eigenvalue weighted by Crippen LogP contribution is -2.36. The van der Waals surface area contributed by atoms with E-state index in [0.717, 1.165) is 56.2 Å². The molecule has 0 atom stereocenters. The van der Waals surface area contributed by atoms with Gasteiger partial charge in [-0.3, -0.25) is 4.98 Å². The summed E-state index contributed by atoms with van der Waals surface area (Å²) in [6.07, 6.45) is 8.42. The zero-order valence-corrected chi connectivity index (χ0v) is 13.2. The zero-order valence-electron chi connectivity index (χ0n) is 13.2. The molecule has 0 bridgehead atoms. The van der Waals surface area contributed by atoms with E-state index in [1.165, 1.54) is 0 Å². The number of rotatable bonds is 6. The Balaban J connectivity index is 1.62. The number of nitrogens with zero attached hydrogens (tertiary/aromatic N) is 4. The molecule has 122 valence electrons. The summed E-state index contributed by atoms with van der Waals surface area (Å²) in [7, 11) is 0. The number of anilines is 2. The lowest BCUT2D eigenvalue weighted by atomic mass is 9.92. The van der Waals surface area contributed by atoms with Gasteiger partial charge in [0.2, 0.25) is 0 Å². The van der Waals surface area contributed by atoms with Crippen LogP contribution in [0.1, 0.15) is 18.5 Å². The summed E-state index contributed by atoms with van der Waals surface area (Å²) < 4.78 is 0. The van der Waals surface area contributed by atoms with Gasteiger partial charge in [0.05, 0.1) is 12.3 Å². The lowest BCUT2D eigenvalue weighted by molar-refractivity contribution is 0.147. The Morgan fingerprint density at radius 3 is 2.65 bits per heavy atom. The molecule has 2 aromatic rings. The first-order valence-corrected chi connectivity index (χ1v) is 8.16. The Hall–Kier alpha value is -2.05. The van der Waals surface area contributed by atoms with Gasteiger partial charge in [-0.15, -0.1) is 0 Å². The number of pyridine rings is 1. The van der Waals surface area contributed by atoms with Crippen molar-refractivity contribution in [2.24, 2.45) is 5.92 Å². The zero-order chi connectivity index (χ0) is 15.9. The van der Waals surface area contributed by atoms with Gasteiger partial charge < -0.3 is 15.3 Å². The second kappa shape index (κ2) is 7.99. The molecule has 1 fully saturated rings. The molecule has 3 rings (SSSR count). The molecule has 1 saturated heterocycles. The largest absolute Gasteiger partial charge is 0.395 e. The summed E-state index contributed by atoms with van der Waals surface area (Å²) in [6.45, 7) is 3.13. The normalized spacial score (nSPS) is 16.4. The smallest absolute Gasteiger partial charge is 0.153 e. The fourth-order valence-electron chi connectivity index (χ4n) is 3.01. The number of aliphatic hydroxyl groups excluding tert-OH is 1. The van der Waals surface area contributed by atoms with Crippen LogP contribution in [-0.4, -0.2) is 51.2 Å². The third-order valence-electron chi connectivity index (χ3n) is 4.29. The molecule has 6 heteroatoms. The van der Waals surface area contributed by atoms with Gasteiger partial charge in [-0.1, -0.05) is 6.07 Å². The van der Waals surface area contributed by atoms with Crippen molar-refractivity contribution in [1.82, 2.24) is 19.9 Å². The lowest BCUT2D eigenvalue weighted by Gasteiger charge is -2.31. The van der Waals surface area contributed by atoms with E-state index < -0.39 is 0 Å². The molecule has 2 N–H and O–H groups in total. The van der Waals surface area contributed by atoms with E-state index in [0.29, 0.717) is 5.92 Å². The number of piperidine rings is 1. The molecule has 1 aliphatic rings. The van der Waals surface area contributed by atoms with E-state index in [9.17, 15) is 0 Å². The van der Waals surface area contributed by atoms with Gasteiger partial charge in [-0.05, 0) is 50.4 Å². The summed E-state index contributed by atoms with van der Waals surface area (Å²) in [5.41, 5.74) is 0.999. The van der Waals surface area contributed by atoms with Crippen LogP contribution in [0.2, 0.25) is 0 Å². The Morgan fingerprint density at radius 2 is 1.91 bits per heavy atom. The van der Waals surface area contributed by atoms with Crippen molar-refractivity contribution in [3.63, 3.8) is 0 Å². The molecule has 0 saturated carbocycles. The van der Waals surface area contributed by atoms with E-state index >= 15 is 0 Å². The fraction of sp³-hybridized carbons (Fsp3) is 0.471. The van der Waals surface area contributed by atoms with Crippen molar-refractivity contribution < 1.29 is 5.11 Å². The number of nitrogens with one attached hydrogen (secondary N) is 1. The highest BCUT2D eigenvalue weighted by Gasteiger charge is 2.21. The van der Waals surface area contributed by atoms with Gasteiger partial charge in [0.1, 0.15) is 5.82 Å². The molecular weight excluding hydrogens is 290 g/mol. The predicted molar refractivity (Wildman–Crippen MR) is 89.5 cm³/mol. The highest BCUT2D eigenvalue weighted by Crippen LogP contribution is 2.24. The van der Waals surface area contributed by atoms with Gasteiger partial charge >= 0.3 is 0 Å². The monoisotopic (exact) mass is 313 g/mol. The number of hydrogen-bond donors (Lipinski definition) is 2. The number of likely N-dealkylation sites (tertiary alicyclic amines) is 1. The van der Waals surface area contributed by atoms with Crippen molar-refractivity contribution in [2.75, 3.05) is 31.6 Å². The molecule has 0 spiro atoms. The molecule has 0 aromatic carbocycles. The standard InChI is InChI=1S/C17H23N5O/c23-12-11-22-9-4-14(5-10-22)13-15-17(20-8-7-18-15)21-16-3-1-2-6-19-16/h1-3,6-8,14,23H,4-5,9-13H2,(H,19,20,21). The van der Waals surface area contributed by atoms with Crippen molar-refractivity contribution >= 4 is 11.6 Å². The van der Waals surface area contributed by atoms with E-state index in [1.807, 2.05) is 18.2 Å². The first-order chi connectivity index (χ1) is 11.3. The molecule has 0 radical (unpaired) electrons. The molecule has 0 amide bonds. The molecule has 0 aliphatic carbocycles. The molecule has 23 heavy (non-hydrogen) atoms. The maximum Gasteiger partial charge on any atom is 0.153 e. The topological polar surface area (TPSA) is 74.2 Å². The molecule has 0 unspecified atom stereocenters. The molecule has 3 heterocycles. The molecule has 6 nitrogen and oxygen atoms in total. The van der Waals surface area contributed by atoms with E-state index in [2.05, 4.69) is 25.2 Å². The number of aliphatic hydroxyl groups is 1. The first-order valence-electron chi connectivity index (χ1n) is 8.16. The van der Waals surface area contributed by atoms with Gasteiger partial charge in [0.25, 0.3) is 0 Å². The Morgan fingerprint density at radius 1 is 1.09 bits per heavy atom. The van der Waals surface area contributed by atoms with Crippen LogP contribution in [0.15, 0.2) is 36.8 Å². The van der Waals surface area contributed by atoms with Crippen LogP contribution in [0.25, 0.3) is 0 Å². The minimum absolute atomic E-state index is 0.243. The van der Waals surface area contributed by atoms with Crippen LogP contribution in [0, 0.1) is 5.92 Å². The van der Waals surface area contributed by atoms with E-state index in [-0.39, 0.29) is 6.61 Å². The molecule has 2 aromatic heterocycles. The average Bonchev–Trinajstić information content (AvgIpc) is 2.60. The Bertz CT molecular complexity index is 599. The predicted octanol–water partition coefficient (Wildman–Crippen LogP) is 1.86. The highest BCUT2D eigenvalue weighted by atomic mass is 16.3. The summed E-state index contributed by atoms with van der Waals surface area (Å²) in [4.78, 5) is 15.5. The first kappa shape index (κ1) is 15.8. The van der Waals surface area contributed by atoms with E-state index in [1.54, 1.807) is 18.6 Å². The number of hydrogen-bond acceptors (Lipinski definition) is 6. The van der Waals surface area contributed by atoms with Crippen LogP contribution in [-0.2, 0) is 6.42 Å². The number of β-amino-alcohol motifs (C(OH)–C–C–N with tert-alkyl or cyclic N) is 1. The minimum Gasteiger partial charge on any atom is -0.395 e. The highest BCUT2D eigenvalue weighted by molar-refractivity contribution is 5.53. The minimum atomic E-state index is 0.243. The average molecular weight is 313 g/mol. The van der Waals surface area contributed by atoms with Crippen molar-refractivity contribution in [3.8, 4) is 0 Å². The van der Waals surface area contributed by atoms with Gasteiger partial charge in [-0.2, -0.15) is 0 Å². The van der Waals surface area contributed by atoms with Gasteiger partial charge in [-0.25, -0.2) is 9.97 Å². The second-order valence-electron chi connectivity index (χ2n) is 5.90. The SMILES string of the molecule is OCCN1CCC(Cc2nccnc2Nc2ccccn2)CC1. The summed E-state index contributed by atoms with van der Waals surface area (Å²) in [5.74, 6) is 2.20. The Kier molecular flexibility index (Phi) is 5.50. The van der Waals surface area contributed by atoms with Crippen molar-refractivity contribution in [2.45, 2.75) is 19.3 Å². The molecule has 1 aliphatic heterocycles. The summed E-state index contributed by atoms with van der Waals surface area (Å²) in [6, 6.07) is 5.76. The quantitative estimate of drug-likeness (QED) is 0.848. The van der Waals surface area contributed by atoms with Crippen LogP contribution in [0.3, 0.4) is 0 Å². The van der Waals surface area contributed by atoms with Crippen LogP contribution in [0.4, 0.5) is 11.6 Å². The second-order valence-corrected chi connectivity index (χ2v) is 5.90.